The molecule has 7 N–H and O–H groups in total. The molecule has 1 aromatic rings. The third kappa shape index (κ3) is 3.36. The number of hydrogen-bond acceptors (Lipinski definition) is 5. The van der Waals surface area contributed by atoms with Crippen molar-refractivity contribution in [3.05, 3.63) is 17.7 Å². The van der Waals surface area contributed by atoms with Gasteiger partial charge in [-0.15, -0.1) is 0 Å². The van der Waals surface area contributed by atoms with Gasteiger partial charge in [-0.3, -0.25) is 4.79 Å². The van der Waals surface area contributed by atoms with Gasteiger partial charge in [0.1, 0.15) is 5.54 Å². The molecule has 0 aromatic heterocycles. The van der Waals surface area contributed by atoms with Crippen molar-refractivity contribution < 1.29 is 13.2 Å². The molecule has 0 fully saturated rings. The predicted molar refractivity (Wildman–Crippen MR) is 73.9 cm³/mol. The van der Waals surface area contributed by atoms with E-state index in [4.69, 9.17) is 16.6 Å². The summed E-state index contributed by atoms with van der Waals surface area (Å²) in [5.74, 6) is -0.577. The summed E-state index contributed by atoms with van der Waals surface area (Å²) in [7, 11) is -3.89. The minimum atomic E-state index is -3.89. The van der Waals surface area contributed by atoms with Gasteiger partial charge in [0.15, 0.2) is 0 Å². The maximum atomic E-state index is 11.5. The summed E-state index contributed by atoms with van der Waals surface area (Å²) in [6.45, 7) is 4.72. The summed E-state index contributed by atoms with van der Waals surface area (Å²) in [5, 5.41) is 7.98. The van der Waals surface area contributed by atoms with Crippen molar-refractivity contribution in [3.8, 4) is 0 Å². The van der Waals surface area contributed by atoms with Gasteiger partial charge >= 0.3 is 0 Å². The Morgan fingerprint density at radius 1 is 1.32 bits per heavy atom. The lowest BCUT2D eigenvalue weighted by molar-refractivity contribution is -0.121. The maximum absolute atomic E-state index is 11.5. The molecule has 1 aromatic carbocycles. The number of anilines is 2. The third-order valence-corrected chi connectivity index (χ3v) is 3.79. The van der Waals surface area contributed by atoms with Crippen molar-refractivity contribution >= 4 is 27.3 Å². The Morgan fingerprint density at radius 3 is 2.26 bits per heavy atom. The van der Waals surface area contributed by atoms with Gasteiger partial charge in [-0.1, -0.05) is 0 Å². The fraction of sp³-hybridized carbons (Fsp3) is 0.364. The summed E-state index contributed by atoms with van der Waals surface area (Å²) >= 11 is 0. The monoisotopic (exact) mass is 286 g/mol. The number of rotatable bonds is 4. The van der Waals surface area contributed by atoms with Crippen LogP contribution in [-0.2, 0) is 14.8 Å². The van der Waals surface area contributed by atoms with Crippen LogP contribution < -0.4 is 21.9 Å². The second kappa shape index (κ2) is 4.71. The molecule has 19 heavy (non-hydrogen) atoms. The molecule has 7 nitrogen and oxygen atoms in total. The van der Waals surface area contributed by atoms with Crippen LogP contribution >= 0.6 is 0 Å². The van der Waals surface area contributed by atoms with Crippen molar-refractivity contribution in [2.75, 3.05) is 11.1 Å². The molecule has 1 rings (SSSR count). The fourth-order valence-electron chi connectivity index (χ4n) is 1.53. The Morgan fingerprint density at radius 2 is 1.84 bits per heavy atom. The molecule has 0 aliphatic carbocycles. The molecule has 0 bridgehead atoms. The summed E-state index contributed by atoms with van der Waals surface area (Å²) in [4.78, 5) is 11.2. The van der Waals surface area contributed by atoms with Crippen LogP contribution in [-0.4, -0.2) is 19.9 Å². The molecular formula is C11H18N4O3S. The number of amides is 1. The number of nitrogen functional groups attached to an aromatic ring is 1. The average molecular weight is 286 g/mol. The van der Waals surface area contributed by atoms with Crippen molar-refractivity contribution in [2.45, 2.75) is 31.2 Å². The zero-order valence-electron chi connectivity index (χ0n) is 11.0. The Kier molecular flexibility index (Phi) is 3.78. The van der Waals surface area contributed by atoms with E-state index in [1.165, 1.54) is 12.1 Å². The lowest BCUT2D eigenvalue weighted by atomic mass is 10.0. The molecule has 0 saturated carbocycles. The molecule has 106 valence electrons. The number of carbonyl (C=O) groups is 1. The summed E-state index contributed by atoms with van der Waals surface area (Å²) in [6, 6.07) is 2.79. The highest BCUT2D eigenvalue weighted by atomic mass is 32.2. The molecule has 0 aliphatic rings. The normalized spacial score (nSPS) is 12.2. The SMILES string of the molecule is Cc1c(NC(C)(C)C(N)=O)cc(N)cc1S(N)(=O)=O. The number of sulfonamides is 1. The zero-order valence-corrected chi connectivity index (χ0v) is 11.8. The van der Waals surface area contributed by atoms with E-state index in [2.05, 4.69) is 5.32 Å². The molecule has 0 spiro atoms. The van der Waals surface area contributed by atoms with Gasteiger partial charge in [-0.2, -0.15) is 0 Å². The van der Waals surface area contributed by atoms with Gasteiger partial charge in [-0.25, -0.2) is 13.6 Å². The minimum absolute atomic E-state index is 0.0877. The van der Waals surface area contributed by atoms with Crippen molar-refractivity contribution in [1.29, 1.82) is 0 Å². The van der Waals surface area contributed by atoms with Crippen molar-refractivity contribution in [2.24, 2.45) is 10.9 Å². The van der Waals surface area contributed by atoms with Crippen LogP contribution in [0.4, 0.5) is 11.4 Å². The third-order valence-electron chi connectivity index (χ3n) is 2.75. The van der Waals surface area contributed by atoms with Gasteiger partial charge < -0.3 is 16.8 Å². The Hall–Kier alpha value is -1.80. The van der Waals surface area contributed by atoms with Gasteiger partial charge in [-0.05, 0) is 38.5 Å². The Balaban J connectivity index is 3.39. The summed E-state index contributed by atoms with van der Waals surface area (Å²) in [6.07, 6.45) is 0. The van der Waals surface area contributed by atoms with Gasteiger partial charge in [0, 0.05) is 11.4 Å². The molecule has 0 saturated heterocycles. The number of carbonyl (C=O) groups excluding carboxylic acids is 1. The van der Waals surface area contributed by atoms with Gasteiger partial charge in [0.05, 0.1) is 4.90 Å². The standard InChI is InChI=1S/C11H18N4O3S/c1-6-8(15-11(2,3)10(13)16)4-7(12)5-9(6)19(14,17)18/h4-5,15H,12H2,1-3H3,(H2,13,16)(H2,14,17,18). The minimum Gasteiger partial charge on any atom is -0.399 e. The van der Waals surface area contributed by atoms with E-state index in [9.17, 15) is 13.2 Å². The largest absolute Gasteiger partial charge is 0.399 e. The van der Waals surface area contributed by atoms with E-state index >= 15 is 0 Å². The molecule has 0 aliphatic heterocycles. The highest BCUT2D eigenvalue weighted by molar-refractivity contribution is 7.89. The zero-order chi connectivity index (χ0) is 15.0. The highest BCUT2D eigenvalue weighted by Gasteiger charge is 2.26. The molecule has 0 radical (unpaired) electrons. The van der Waals surface area contributed by atoms with E-state index in [1.54, 1.807) is 20.8 Å². The summed E-state index contributed by atoms with van der Waals surface area (Å²) in [5.41, 5.74) is 10.8. The first-order valence-electron chi connectivity index (χ1n) is 5.46. The first-order chi connectivity index (χ1) is 8.45. The van der Waals surface area contributed by atoms with Crippen LogP contribution in [0.15, 0.2) is 17.0 Å². The number of nitrogens with one attached hydrogen (secondary N) is 1. The molecule has 0 heterocycles. The van der Waals surface area contributed by atoms with Crippen LogP contribution in [0.5, 0.6) is 0 Å². The average Bonchev–Trinajstić information content (AvgIpc) is 2.20. The first-order valence-corrected chi connectivity index (χ1v) is 7.01. The number of benzene rings is 1. The van der Waals surface area contributed by atoms with E-state index in [0.29, 0.717) is 11.3 Å². The van der Waals surface area contributed by atoms with Crippen LogP contribution in [0.1, 0.15) is 19.4 Å². The van der Waals surface area contributed by atoms with Crippen LogP contribution in [0.3, 0.4) is 0 Å². The number of primary amides is 1. The highest BCUT2D eigenvalue weighted by Crippen LogP contribution is 2.28. The topological polar surface area (TPSA) is 141 Å². The van der Waals surface area contributed by atoms with Crippen molar-refractivity contribution in [3.63, 3.8) is 0 Å². The number of primary sulfonamides is 1. The number of nitrogens with two attached hydrogens (primary N) is 3. The second-order valence-electron chi connectivity index (χ2n) is 4.85. The van der Waals surface area contributed by atoms with E-state index in [0.717, 1.165) is 0 Å². The quantitative estimate of drug-likeness (QED) is 0.572. The maximum Gasteiger partial charge on any atom is 0.242 e. The Bertz CT molecular complexity index is 623. The fourth-order valence-corrected chi connectivity index (χ4v) is 2.37. The molecule has 8 heteroatoms. The van der Waals surface area contributed by atoms with Crippen LogP contribution in [0, 0.1) is 6.92 Å². The van der Waals surface area contributed by atoms with E-state index < -0.39 is 21.5 Å². The predicted octanol–water partition coefficient (Wildman–Crippen LogP) is -0.0996. The first kappa shape index (κ1) is 15.3. The summed E-state index contributed by atoms with van der Waals surface area (Å²) < 4.78 is 22.9. The van der Waals surface area contributed by atoms with E-state index in [1.807, 2.05) is 0 Å². The number of hydrogen-bond donors (Lipinski definition) is 4. The van der Waals surface area contributed by atoms with E-state index in [-0.39, 0.29) is 10.6 Å². The van der Waals surface area contributed by atoms with Gasteiger partial charge in [0.2, 0.25) is 15.9 Å². The van der Waals surface area contributed by atoms with Crippen molar-refractivity contribution in [1.82, 2.24) is 0 Å². The molecule has 0 unspecified atom stereocenters. The van der Waals surface area contributed by atoms with Crippen LogP contribution in [0.25, 0.3) is 0 Å². The molecular weight excluding hydrogens is 268 g/mol. The lowest BCUT2D eigenvalue weighted by Crippen LogP contribution is -2.45. The van der Waals surface area contributed by atoms with Gasteiger partial charge in [0.25, 0.3) is 0 Å². The van der Waals surface area contributed by atoms with Crippen LogP contribution in [0.2, 0.25) is 0 Å². The molecule has 1 amide bonds. The Labute approximate surface area is 112 Å². The molecule has 0 atom stereocenters. The lowest BCUT2D eigenvalue weighted by Gasteiger charge is -2.25. The smallest absolute Gasteiger partial charge is 0.242 e. The second-order valence-corrected chi connectivity index (χ2v) is 6.38.